The highest BCUT2D eigenvalue weighted by Crippen LogP contribution is 2.20. The quantitative estimate of drug-likeness (QED) is 0.648. The number of piperazine rings is 1. The number of carbonyl (C=O) groups is 2. The first-order valence-corrected chi connectivity index (χ1v) is 10.8. The molecule has 142 valence electrons. The van der Waals surface area contributed by atoms with E-state index in [9.17, 15) is 18.0 Å². The summed E-state index contributed by atoms with van der Waals surface area (Å²) in [5, 5.41) is 0. The molecule has 0 aromatic carbocycles. The molecule has 8 heteroatoms. The molecule has 0 spiro atoms. The van der Waals surface area contributed by atoms with E-state index in [1.807, 2.05) is 0 Å². The van der Waals surface area contributed by atoms with Gasteiger partial charge in [-0.25, -0.2) is 8.42 Å². The Morgan fingerprint density at radius 1 is 1.12 bits per heavy atom. The van der Waals surface area contributed by atoms with Crippen LogP contribution >= 0.6 is 0 Å². The Kier molecular flexibility index (Phi) is 7.01. The van der Waals surface area contributed by atoms with E-state index < -0.39 is 10.0 Å². The molecule has 1 aliphatic heterocycles. The van der Waals surface area contributed by atoms with Crippen molar-refractivity contribution < 1.29 is 18.0 Å². The van der Waals surface area contributed by atoms with Crippen LogP contribution in [0.25, 0.3) is 0 Å². The summed E-state index contributed by atoms with van der Waals surface area (Å²) < 4.78 is 25.4. The zero-order valence-corrected chi connectivity index (χ0v) is 16.1. The monoisotopic (exact) mass is 371 g/mol. The molecule has 0 aromatic heterocycles. The molecule has 7 nitrogen and oxygen atoms in total. The van der Waals surface area contributed by atoms with Gasteiger partial charge in [-0.1, -0.05) is 11.6 Å². The largest absolute Gasteiger partial charge is 0.339 e. The summed E-state index contributed by atoms with van der Waals surface area (Å²) in [5.74, 6) is -0.183. The van der Waals surface area contributed by atoms with Crippen LogP contribution in [0.2, 0.25) is 0 Å². The molecule has 1 saturated heterocycles. The van der Waals surface area contributed by atoms with E-state index in [0.29, 0.717) is 39.1 Å². The van der Waals surface area contributed by atoms with Crippen molar-refractivity contribution in [1.29, 1.82) is 0 Å². The SMILES string of the molecule is CC(=O)N1CCN(C(=O)CN(CCC2=CCCCC2)S(C)(=O)=O)CC1. The number of nitrogens with zero attached hydrogens (tertiary/aromatic N) is 3. The summed E-state index contributed by atoms with van der Waals surface area (Å²) in [5.41, 5.74) is 1.29. The molecule has 0 N–H and O–H groups in total. The van der Waals surface area contributed by atoms with E-state index >= 15 is 0 Å². The van der Waals surface area contributed by atoms with Crippen molar-refractivity contribution in [3.8, 4) is 0 Å². The summed E-state index contributed by atoms with van der Waals surface area (Å²) in [6.07, 6.45) is 8.49. The van der Waals surface area contributed by atoms with Crippen molar-refractivity contribution in [3.63, 3.8) is 0 Å². The van der Waals surface area contributed by atoms with Crippen LogP contribution in [0.5, 0.6) is 0 Å². The van der Waals surface area contributed by atoms with Crippen molar-refractivity contribution in [3.05, 3.63) is 11.6 Å². The minimum Gasteiger partial charge on any atom is -0.339 e. The number of allylic oxidation sites excluding steroid dienone is 1. The van der Waals surface area contributed by atoms with Gasteiger partial charge < -0.3 is 9.80 Å². The van der Waals surface area contributed by atoms with Gasteiger partial charge in [-0.3, -0.25) is 9.59 Å². The molecule has 0 saturated carbocycles. The lowest BCUT2D eigenvalue weighted by atomic mass is 9.97. The Morgan fingerprint density at radius 3 is 2.28 bits per heavy atom. The van der Waals surface area contributed by atoms with Crippen molar-refractivity contribution in [1.82, 2.24) is 14.1 Å². The topological polar surface area (TPSA) is 78.0 Å². The van der Waals surface area contributed by atoms with E-state index in [2.05, 4.69) is 6.08 Å². The van der Waals surface area contributed by atoms with E-state index in [1.165, 1.54) is 23.2 Å². The molecular formula is C17H29N3O4S. The highest BCUT2D eigenvalue weighted by molar-refractivity contribution is 7.88. The second-order valence-electron chi connectivity index (χ2n) is 6.84. The summed E-state index contributed by atoms with van der Waals surface area (Å²) in [6, 6.07) is 0. The second-order valence-corrected chi connectivity index (χ2v) is 8.82. The van der Waals surface area contributed by atoms with Crippen molar-refractivity contribution in [2.45, 2.75) is 39.0 Å². The maximum absolute atomic E-state index is 12.5. The zero-order valence-electron chi connectivity index (χ0n) is 15.2. The lowest BCUT2D eigenvalue weighted by molar-refractivity contribution is -0.138. The average molecular weight is 372 g/mol. The lowest BCUT2D eigenvalue weighted by Crippen LogP contribution is -2.52. The molecule has 1 aliphatic carbocycles. The van der Waals surface area contributed by atoms with Gasteiger partial charge >= 0.3 is 0 Å². The van der Waals surface area contributed by atoms with Gasteiger partial charge in [-0.2, -0.15) is 4.31 Å². The number of rotatable bonds is 6. The zero-order chi connectivity index (χ0) is 18.4. The molecule has 1 fully saturated rings. The predicted octanol–water partition coefficient (Wildman–Crippen LogP) is 0.829. The van der Waals surface area contributed by atoms with E-state index in [1.54, 1.807) is 9.80 Å². The minimum absolute atomic E-state index is 0.00520. The molecule has 1 heterocycles. The summed E-state index contributed by atoms with van der Waals surface area (Å²) in [6.45, 7) is 3.68. The minimum atomic E-state index is -3.43. The van der Waals surface area contributed by atoms with E-state index in [-0.39, 0.29) is 18.4 Å². The van der Waals surface area contributed by atoms with Gasteiger partial charge in [0.15, 0.2) is 0 Å². The molecule has 0 atom stereocenters. The Balaban J connectivity index is 1.89. The molecule has 0 unspecified atom stereocenters. The van der Waals surface area contributed by atoms with Crippen LogP contribution in [0.4, 0.5) is 0 Å². The highest BCUT2D eigenvalue weighted by atomic mass is 32.2. The molecular weight excluding hydrogens is 342 g/mol. The number of amides is 2. The molecule has 2 aliphatic rings. The van der Waals surface area contributed by atoms with Crippen LogP contribution in [0.3, 0.4) is 0 Å². The van der Waals surface area contributed by atoms with Crippen LogP contribution in [0, 0.1) is 0 Å². The molecule has 2 amide bonds. The van der Waals surface area contributed by atoms with Crippen molar-refractivity contribution in [2.75, 3.05) is 45.5 Å². The van der Waals surface area contributed by atoms with E-state index in [4.69, 9.17) is 0 Å². The Bertz CT molecular complexity index is 622. The van der Waals surface area contributed by atoms with Crippen LogP contribution < -0.4 is 0 Å². The molecule has 25 heavy (non-hydrogen) atoms. The molecule has 0 radical (unpaired) electrons. The Labute approximate surface area is 150 Å². The highest BCUT2D eigenvalue weighted by Gasteiger charge is 2.26. The fraction of sp³-hybridized carbons (Fsp3) is 0.765. The van der Waals surface area contributed by atoms with Gasteiger partial charge in [0.1, 0.15) is 0 Å². The van der Waals surface area contributed by atoms with Crippen LogP contribution in [-0.4, -0.2) is 79.9 Å². The molecule has 0 aromatic rings. The van der Waals surface area contributed by atoms with Gasteiger partial charge in [0.05, 0.1) is 12.8 Å². The van der Waals surface area contributed by atoms with Gasteiger partial charge in [0.25, 0.3) is 0 Å². The first-order valence-electron chi connectivity index (χ1n) is 8.93. The number of hydrogen-bond acceptors (Lipinski definition) is 4. The summed E-state index contributed by atoms with van der Waals surface area (Å²) in [7, 11) is -3.43. The maximum atomic E-state index is 12.5. The lowest BCUT2D eigenvalue weighted by Gasteiger charge is -2.35. The average Bonchev–Trinajstić information content (AvgIpc) is 2.58. The van der Waals surface area contributed by atoms with Gasteiger partial charge in [0.2, 0.25) is 21.8 Å². The van der Waals surface area contributed by atoms with Gasteiger partial charge in [-0.15, -0.1) is 0 Å². The number of hydrogen-bond donors (Lipinski definition) is 0. The van der Waals surface area contributed by atoms with Crippen molar-refractivity contribution in [2.24, 2.45) is 0 Å². The molecule has 0 bridgehead atoms. The fourth-order valence-electron chi connectivity index (χ4n) is 3.28. The summed E-state index contributed by atoms with van der Waals surface area (Å²) >= 11 is 0. The summed E-state index contributed by atoms with van der Waals surface area (Å²) in [4.78, 5) is 27.2. The van der Waals surface area contributed by atoms with Crippen LogP contribution in [0.15, 0.2) is 11.6 Å². The number of carbonyl (C=O) groups excluding carboxylic acids is 2. The second kappa shape index (κ2) is 8.80. The normalized spacial score (nSPS) is 19.1. The first-order chi connectivity index (χ1) is 11.8. The third-order valence-corrected chi connectivity index (χ3v) is 6.18. The standard InChI is InChI=1S/C17H29N3O4S/c1-15(21)18-10-12-19(13-11-18)17(22)14-20(25(2,23)24)9-8-16-6-4-3-5-7-16/h6H,3-5,7-14H2,1-2H3. The smallest absolute Gasteiger partial charge is 0.238 e. The first kappa shape index (κ1) is 19.9. The third kappa shape index (κ3) is 6.11. The number of sulfonamides is 1. The maximum Gasteiger partial charge on any atom is 0.238 e. The fourth-order valence-corrected chi connectivity index (χ4v) is 4.05. The molecule has 2 rings (SSSR count). The van der Waals surface area contributed by atoms with Crippen LogP contribution in [0.1, 0.15) is 39.0 Å². The predicted molar refractivity (Wildman–Crippen MR) is 96.4 cm³/mol. The Hall–Kier alpha value is -1.41. The van der Waals surface area contributed by atoms with Gasteiger partial charge in [0, 0.05) is 39.6 Å². The Morgan fingerprint density at radius 2 is 1.76 bits per heavy atom. The van der Waals surface area contributed by atoms with E-state index in [0.717, 1.165) is 25.5 Å². The van der Waals surface area contributed by atoms with Crippen LogP contribution in [-0.2, 0) is 19.6 Å². The van der Waals surface area contributed by atoms with Crippen molar-refractivity contribution >= 4 is 21.8 Å². The third-order valence-electron chi connectivity index (χ3n) is 4.93. The van der Waals surface area contributed by atoms with Gasteiger partial charge in [-0.05, 0) is 32.1 Å².